The lowest BCUT2D eigenvalue weighted by Crippen LogP contribution is -2.69. The molecule has 9 atom stereocenters. The van der Waals surface area contributed by atoms with Crippen LogP contribution < -0.4 is 5.73 Å². The van der Waals surface area contributed by atoms with Crippen molar-refractivity contribution in [1.29, 1.82) is 0 Å². The first kappa shape index (κ1) is 30.0. The van der Waals surface area contributed by atoms with Crippen LogP contribution in [0.4, 0.5) is 10.1 Å². The third-order valence-electron chi connectivity index (χ3n) is 11.5. The molecule has 1 aromatic carbocycles. The zero-order chi connectivity index (χ0) is 31.2. The number of nitrogens with two attached hydrogens (primary N) is 1. The number of halogens is 1. The molecule has 0 spiro atoms. The van der Waals surface area contributed by atoms with Gasteiger partial charge in [-0.2, -0.15) is 0 Å². The molecule has 0 unspecified atom stereocenters. The summed E-state index contributed by atoms with van der Waals surface area (Å²) in [6, 6.07) is 9.37. The van der Waals surface area contributed by atoms with Crippen LogP contribution in [0.1, 0.15) is 66.7 Å². The maximum Gasteiger partial charge on any atom is 0.194 e. The molecule has 0 radical (unpaired) electrons. The summed E-state index contributed by atoms with van der Waals surface area (Å²) < 4.78 is 30.7. The van der Waals surface area contributed by atoms with Crippen LogP contribution in [0.25, 0.3) is 0 Å². The third kappa shape index (κ3) is 3.91. The molecule has 4 fully saturated rings. The summed E-state index contributed by atoms with van der Waals surface area (Å²) in [5.41, 5.74) is 3.23. The number of aliphatic hydroxyl groups is 3. The molecule has 10 heteroatoms. The molecule has 1 saturated heterocycles. The van der Waals surface area contributed by atoms with E-state index < -0.39 is 58.9 Å². The van der Waals surface area contributed by atoms with Crippen molar-refractivity contribution in [3.05, 3.63) is 75.0 Å². The van der Waals surface area contributed by atoms with Crippen LogP contribution in [0.5, 0.6) is 0 Å². The zero-order valence-electron chi connectivity index (χ0n) is 24.8. The lowest BCUT2D eigenvalue weighted by Gasteiger charge is -2.62. The van der Waals surface area contributed by atoms with Gasteiger partial charge >= 0.3 is 0 Å². The summed E-state index contributed by atoms with van der Waals surface area (Å²) in [7, 11) is 0. The number of fused-ring (bicyclic) bond motifs is 7. The lowest BCUT2D eigenvalue weighted by atomic mass is 9.44. The van der Waals surface area contributed by atoms with E-state index in [1.54, 1.807) is 19.1 Å². The normalized spacial score (nSPS) is 40.6. The summed E-state index contributed by atoms with van der Waals surface area (Å²) in [5, 5.41) is 31.5. The highest BCUT2D eigenvalue weighted by Crippen LogP contribution is 2.72. The molecule has 5 aliphatic rings. The maximum absolute atomic E-state index is 17.6. The van der Waals surface area contributed by atoms with Gasteiger partial charge in [0.25, 0.3) is 0 Å². The molecule has 234 valence electrons. The van der Waals surface area contributed by atoms with Crippen LogP contribution in [0.2, 0.25) is 0 Å². The number of ketones is 2. The average molecular weight is 624 g/mol. The number of allylic oxidation sites excluding steroid dienone is 4. The molecule has 3 saturated carbocycles. The monoisotopic (exact) mass is 623 g/mol. The molecule has 4 aliphatic carbocycles. The second kappa shape index (κ2) is 10.1. The summed E-state index contributed by atoms with van der Waals surface area (Å²) in [6.45, 7) is 2.78. The number of carbonyl (C=O) groups is 2. The van der Waals surface area contributed by atoms with Crippen molar-refractivity contribution in [3.63, 3.8) is 0 Å². The lowest BCUT2D eigenvalue weighted by molar-refractivity contribution is -0.231. The Hall–Kier alpha value is -2.73. The highest BCUT2D eigenvalue weighted by Gasteiger charge is 2.79. The van der Waals surface area contributed by atoms with E-state index in [1.165, 1.54) is 23.5 Å². The Bertz CT molecular complexity index is 1600. The van der Waals surface area contributed by atoms with Gasteiger partial charge in [0.05, 0.1) is 23.7 Å². The number of hydrogen-bond acceptors (Lipinski definition) is 9. The second-order valence-electron chi connectivity index (χ2n) is 13.6. The molecule has 44 heavy (non-hydrogen) atoms. The van der Waals surface area contributed by atoms with Crippen molar-refractivity contribution < 1.29 is 38.8 Å². The highest BCUT2D eigenvalue weighted by atomic mass is 32.1. The Morgan fingerprint density at radius 1 is 1.16 bits per heavy atom. The van der Waals surface area contributed by atoms with Crippen molar-refractivity contribution in [2.24, 2.45) is 22.7 Å². The summed E-state index contributed by atoms with van der Waals surface area (Å²) in [6.07, 6.45) is 3.31. The minimum atomic E-state index is -2.04. The minimum Gasteiger partial charge on any atom is -0.399 e. The van der Waals surface area contributed by atoms with Crippen molar-refractivity contribution in [2.45, 2.75) is 82.3 Å². The molecule has 2 heterocycles. The molecule has 5 N–H and O–H groups in total. The first-order chi connectivity index (χ1) is 20.9. The van der Waals surface area contributed by atoms with E-state index in [1.807, 2.05) is 31.2 Å². The van der Waals surface area contributed by atoms with E-state index >= 15 is 4.39 Å². The number of ether oxygens (including phenoxy) is 2. The standard InChI is InChI=1S/C34H38FNO7S/c1-31-8-7-22(39)13-20(31)3-5-24-25-14-29-34(28(41)17-38,32(25,2)15-27(40)33(24,31)35)43-30(42-29)26-6-4-23(44-26)12-18-9-19(16-37)11-21(36)10-18/h4,6-11,13,24-25,27,29-30,37-38,40H,3,5,12,14-17,36H2,1-2H3/t24-,25-,27-,29+,30+,31-,32-,33-,34+/m0/s1. The molecular formula is C34H38FNO7S. The Morgan fingerprint density at radius 3 is 2.68 bits per heavy atom. The molecule has 2 aromatic rings. The van der Waals surface area contributed by atoms with Gasteiger partial charge in [0.15, 0.2) is 29.1 Å². The number of carbonyl (C=O) groups excluding carboxylic acids is 2. The molecule has 7 rings (SSSR count). The Labute approximate surface area is 259 Å². The Morgan fingerprint density at radius 2 is 1.93 bits per heavy atom. The Kier molecular flexibility index (Phi) is 6.90. The van der Waals surface area contributed by atoms with Gasteiger partial charge in [-0.3, -0.25) is 9.59 Å². The van der Waals surface area contributed by atoms with Gasteiger partial charge in [0, 0.05) is 33.7 Å². The van der Waals surface area contributed by atoms with Crippen LogP contribution in [-0.4, -0.2) is 57.0 Å². The van der Waals surface area contributed by atoms with Gasteiger partial charge in [-0.1, -0.05) is 24.6 Å². The van der Waals surface area contributed by atoms with Gasteiger partial charge in [0.1, 0.15) is 6.61 Å². The quantitative estimate of drug-likeness (QED) is 0.353. The van der Waals surface area contributed by atoms with E-state index in [4.69, 9.17) is 15.2 Å². The summed E-state index contributed by atoms with van der Waals surface area (Å²) >= 11 is 1.48. The van der Waals surface area contributed by atoms with E-state index in [-0.39, 0.29) is 24.7 Å². The number of Topliss-reactive ketones (excluding diaryl/α,β-unsaturated/α-hetero) is 1. The fraction of sp³-hybridized carbons (Fsp3) is 0.529. The van der Waals surface area contributed by atoms with E-state index in [0.29, 0.717) is 36.9 Å². The number of nitrogen functional groups attached to an aromatic ring is 1. The number of rotatable bonds is 6. The number of thiophene rings is 1. The van der Waals surface area contributed by atoms with Crippen molar-refractivity contribution in [1.82, 2.24) is 0 Å². The second-order valence-corrected chi connectivity index (χ2v) is 14.8. The SMILES string of the molecule is C[C@]12C=CC(=O)C=C1CC[C@H]1[C@@H]3C[C@H]4O[C@@H](c5ccc(Cc6cc(N)cc(CO)c6)s5)O[C@@]4(C(=O)CO)[C@@]3(C)C[C@H](O)[C@@]12F. The van der Waals surface area contributed by atoms with Gasteiger partial charge < -0.3 is 30.5 Å². The predicted molar refractivity (Wildman–Crippen MR) is 161 cm³/mol. The first-order valence-corrected chi connectivity index (χ1v) is 16.1. The number of anilines is 1. The topological polar surface area (TPSA) is 139 Å². The van der Waals surface area contributed by atoms with E-state index in [0.717, 1.165) is 20.9 Å². The fourth-order valence-electron chi connectivity index (χ4n) is 9.50. The van der Waals surface area contributed by atoms with E-state index in [2.05, 4.69) is 0 Å². The van der Waals surface area contributed by atoms with E-state index in [9.17, 15) is 24.9 Å². The minimum absolute atomic E-state index is 0.0496. The van der Waals surface area contributed by atoms with Gasteiger partial charge in [-0.05, 0) is 86.1 Å². The molecular weight excluding hydrogens is 585 g/mol. The van der Waals surface area contributed by atoms with Crippen LogP contribution in [-0.2, 0) is 32.1 Å². The smallest absolute Gasteiger partial charge is 0.194 e. The molecule has 8 nitrogen and oxygen atoms in total. The highest BCUT2D eigenvalue weighted by molar-refractivity contribution is 7.12. The largest absolute Gasteiger partial charge is 0.399 e. The van der Waals surface area contributed by atoms with Crippen molar-refractivity contribution in [3.8, 4) is 0 Å². The fourth-order valence-corrected chi connectivity index (χ4v) is 10.5. The van der Waals surface area contributed by atoms with Crippen LogP contribution in [0.15, 0.2) is 54.1 Å². The third-order valence-corrected chi connectivity index (χ3v) is 12.6. The van der Waals surface area contributed by atoms with Gasteiger partial charge in [0.2, 0.25) is 0 Å². The van der Waals surface area contributed by atoms with Crippen molar-refractivity contribution in [2.75, 3.05) is 12.3 Å². The van der Waals surface area contributed by atoms with Gasteiger partial charge in [-0.15, -0.1) is 11.3 Å². The molecule has 0 bridgehead atoms. The number of alkyl halides is 1. The number of aliphatic hydroxyl groups excluding tert-OH is 3. The molecule has 1 aliphatic heterocycles. The van der Waals surface area contributed by atoms with Crippen LogP contribution in [0, 0.1) is 22.7 Å². The number of hydrogen-bond donors (Lipinski definition) is 4. The van der Waals surface area contributed by atoms with Crippen LogP contribution >= 0.6 is 11.3 Å². The zero-order valence-corrected chi connectivity index (χ0v) is 25.6. The van der Waals surface area contributed by atoms with Crippen molar-refractivity contribution >= 4 is 28.6 Å². The Balaban J connectivity index is 1.20. The first-order valence-electron chi connectivity index (χ1n) is 15.3. The number of benzene rings is 1. The average Bonchev–Trinajstić information content (AvgIpc) is 3.66. The van der Waals surface area contributed by atoms with Gasteiger partial charge in [-0.25, -0.2) is 4.39 Å². The summed E-state index contributed by atoms with van der Waals surface area (Å²) in [4.78, 5) is 27.7. The predicted octanol–water partition coefficient (Wildman–Crippen LogP) is 4.11. The summed E-state index contributed by atoms with van der Waals surface area (Å²) in [5.74, 6) is -1.66. The molecule has 1 aromatic heterocycles. The molecule has 0 amide bonds. The maximum atomic E-state index is 17.6. The van der Waals surface area contributed by atoms with Crippen LogP contribution in [0.3, 0.4) is 0 Å².